The molecule has 31 heavy (non-hydrogen) atoms. The Hall–Kier alpha value is -2.47. The lowest BCUT2D eigenvalue weighted by Crippen LogP contribution is -2.44. The van der Waals surface area contributed by atoms with Crippen LogP contribution in [0, 0.1) is 12.3 Å². The van der Waals surface area contributed by atoms with E-state index in [0.29, 0.717) is 37.2 Å². The Morgan fingerprint density at radius 1 is 1.16 bits per heavy atom. The molecule has 1 amide bonds. The van der Waals surface area contributed by atoms with Gasteiger partial charge in [-0.15, -0.1) is 6.42 Å². The lowest BCUT2D eigenvalue weighted by molar-refractivity contribution is -0.200. The van der Waals surface area contributed by atoms with Crippen LogP contribution in [0.25, 0.3) is 0 Å². The van der Waals surface area contributed by atoms with Gasteiger partial charge in [0.1, 0.15) is 5.75 Å². The van der Waals surface area contributed by atoms with Crippen molar-refractivity contribution >= 4 is 6.09 Å². The Morgan fingerprint density at radius 2 is 1.77 bits per heavy atom. The Kier molecular flexibility index (Phi) is 7.65. The monoisotopic (exact) mass is 440 g/mol. The molecule has 0 aromatic carbocycles. The van der Waals surface area contributed by atoms with Crippen molar-refractivity contribution in [2.45, 2.75) is 76.0 Å². The molecule has 170 valence electrons. The highest BCUT2D eigenvalue weighted by molar-refractivity contribution is 5.68. The number of likely N-dealkylation sites (tertiary alicyclic amines) is 1. The second kappa shape index (κ2) is 10.2. The average Bonchev–Trinajstić information content (AvgIpc) is 2.75. The summed E-state index contributed by atoms with van der Waals surface area (Å²) < 4.78 is 54.4. The zero-order valence-electron chi connectivity index (χ0n) is 17.4. The minimum absolute atomic E-state index is 0.0141. The second-order valence-electron chi connectivity index (χ2n) is 7.92. The molecular weight excluding hydrogens is 413 g/mol. The fraction of sp³-hybridized carbons (Fsp3) is 0.636. The molecule has 2 fully saturated rings. The standard InChI is InChI=1S/C22H27F3N2O4/c1-3-16-14-26-11-8-20(16)31-18-6-4-17(5-7-18)30-19-9-12-27(13-10-19)21(28)29-15(2)22(23,24)25/h1,8,11,14-15,17-19H,4-7,9-10,12-13H2,2H3/t15-,17?,18?/m1/s1. The number of ether oxygens (including phenoxy) is 3. The predicted molar refractivity (Wildman–Crippen MR) is 107 cm³/mol. The number of hydrogen-bond acceptors (Lipinski definition) is 5. The van der Waals surface area contributed by atoms with Crippen LogP contribution in [-0.2, 0) is 9.47 Å². The maximum absolute atomic E-state index is 12.6. The van der Waals surface area contributed by atoms with Crippen LogP contribution in [0.3, 0.4) is 0 Å². The van der Waals surface area contributed by atoms with E-state index in [2.05, 4.69) is 15.6 Å². The normalized spacial score (nSPS) is 23.6. The van der Waals surface area contributed by atoms with E-state index in [0.717, 1.165) is 32.6 Å². The van der Waals surface area contributed by atoms with Crippen molar-refractivity contribution in [2.75, 3.05) is 13.1 Å². The van der Waals surface area contributed by atoms with Gasteiger partial charge < -0.3 is 19.1 Å². The van der Waals surface area contributed by atoms with Gasteiger partial charge in [-0.25, -0.2) is 4.79 Å². The number of amides is 1. The largest absolute Gasteiger partial charge is 0.489 e. The van der Waals surface area contributed by atoms with Crippen LogP contribution in [0.4, 0.5) is 18.0 Å². The summed E-state index contributed by atoms with van der Waals surface area (Å²) in [6, 6.07) is 1.77. The minimum Gasteiger partial charge on any atom is -0.489 e. The summed E-state index contributed by atoms with van der Waals surface area (Å²) >= 11 is 0. The van der Waals surface area contributed by atoms with E-state index >= 15 is 0 Å². The van der Waals surface area contributed by atoms with Gasteiger partial charge in [0.2, 0.25) is 0 Å². The number of rotatable bonds is 5. The Bertz CT molecular complexity index is 780. The summed E-state index contributed by atoms with van der Waals surface area (Å²) in [5.74, 6) is 3.24. The Morgan fingerprint density at radius 3 is 2.39 bits per heavy atom. The maximum Gasteiger partial charge on any atom is 0.425 e. The van der Waals surface area contributed by atoms with Crippen LogP contribution in [0.15, 0.2) is 18.5 Å². The molecule has 0 N–H and O–H groups in total. The second-order valence-corrected chi connectivity index (χ2v) is 7.92. The molecule has 0 unspecified atom stereocenters. The highest BCUT2D eigenvalue weighted by atomic mass is 19.4. The van der Waals surface area contributed by atoms with Gasteiger partial charge in [-0.05, 0) is 51.5 Å². The quantitative estimate of drug-likeness (QED) is 0.639. The third kappa shape index (κ3) is 6.50. The number of aromatic nitrogens is 1. The molecule has 2 heterocycles. The van der Waals surface area contributed by atoms with Crippen LogP contribution < -0.4 is 4.74 Å². The number of carbonyl (C=O) groups is 1. The van der Waals surface area contributed by atoms with Crippen molar-refractivity contribution in [3.63, 3.8) is 0 Å². The lowest BCUT2D eigenvalue weighted by Gasteiger charge is -2.36. The SMILES string of the molecule is C#Cc1cnccc1OC1CCC(OC2CCN(C(=O)O[C@H](C)C(F)(F)F)CC2)CC1. The molecule has 0 spiro atoms. The van der Waals surface area contributed by atoms with Gasteiger partial charge in [0, 0.05) is 25.5 Å². The molecule has 1 aliphatic carbocycles. The Labute approximate surface area is 180 Å². The van der Waals surface area contributed by atoms with Crippen LogP contribution in [-0.4, -0.2) is 59.7 Å². The summed E-state index contributed by atoms with van der Waals surface area (Å²) in [6.07, 6.45) is 5.86. The number of carbonyl (C=O) groups excluding carboxylic acids is 1. The van der Waals surface area contributed by atoms with E-state index in [-0.39, 0.29) is 18.3 Å². The molecule has 1 aliphatic heterocycles. The molecule has 2 aliphatic rings. The summed E-state index contributed by atoms with van der Waals surface area (Å²) in [5.41, 5.74) is 0.635. The lowest BCUT2D eigenvalue weighted by atomic mass is 9.94. The van der Waals surface area contributed by atoms with E-state index in [1.807, 2.05) is 0 Å². The van der Waals surface area contributed by atoms with Crippen molar-refractivity contribution in [3.8, 4) is 18.1 Å². The van der Waals surface area contributed by atoms with Crippen molar-refractivity contribution < 1.29 is 32.2 Å². The number of piperidine rings is 1. The number of terminal acetylenes is 1. The highest BCUT2D eigenvalue weighted by Gasteiger charge is 2.40. The number of nitrogens with zero attached hydrogens (tertiary/aromatic N) is 2. The van der Waals surface area contributed by atoms with Crippen molar-refractivity contribution in [1.29, 1.82) is 0 Å². The van der Waals surface area contributed by atoms with Crippen LogP contribution in [0.1, 0.15) is 51.0 Å². The smallest absolute Gasteiger partial charge is 0.425 e. The summed E-state index contributed by atoms with van der Waals surface area (Å²) in [5, 5.41) is 0. The molecule has 1 aromatic heterocycles. The van der Waals surface area contributed by atoms with Crippen molar-refractivity contribution in [3.05, 3.63) is 24.0 Å². The first-order valence-corrected chi connectivity index (χ1v) is 10.5. The first-order chi connectivity index (χ1) is 14.8. The average molecular weight is 440 g/mol. The third-order valence-electron chi connectivity index (χ3n) is 5.68. The number of hydrogen-bond donors (Lipinski definition) is 0. The van der Waals surface area contributed by atoms with E-state index in [4.69, 9.17) is 15.9 Å². The molecule has 9 heteroatoms. The summed E-state index contributed by atoms with van der Waals surface area (Å²) in [4.78, 5) is 17.2. The molecule has 0 radical (unpaired) electrons. The van der Waals surface area contributed by atoms with E-state index in [1.54, 1.807) is 18.5 Å². The molecule has 3 rings (SSSR count). The number of halogens is 3. The van der Waals surface area contributed by atoms with Crippen molar-refractivity contribution in [1.82, 2.24) is 9.88 Å². The number of pyridine rings is 1. The third-order valence-corrected chi connectivity index (χ3v) is 5.68. The van der Waals surface area contributed by atoms with Crippen LogP contribution in [0.5, 0.6) is 5.75 Å². The highest BCUT2D eigenvalue weighted by Crippen LogP contribution is 2.29. The van der Waals surface area contributed by atoms with E-state index < -0.39 is 18.4 Å². The fourth-order valence-electron chi connectivity index (χ4n) is 3.80. The molecule has 6 nitrogen and oxygen atoms in total. The topological polar surface area (TPSA) is 60.9 Å². The molecule has 1 saturated heterocycles. The van der Waals surface area contributed by atoms with Gasteiger partial charge in [0.15, 0.2) is 6.10 Å². The molecule has 1 saturated carbocycles. The zero-order chi connectivity index (χ0) is 22.4. The molecule has 1 aromatic rings. The predicted octanol–water partition coefficient (Wildman–Crippen LogP) is 4.32. The van der Waals surface area contributed by atoms with Gasteiger partial charge in [-0.1, -0.05) is 5.92 Å². The van der Waals surface area contributed by atoms with Crippen molar-refractivity contribution in [2.24, 2.45) is 0 Å². The van der Waals surface area contributed by atoms with Crippen LogP contribution >= 0.6 is 0 Å². The van der Waals surface area contributed by atoms with Crippen LogP contribution in [0.2, 0.25) is 0 Å². The van der Waals surface area contributed by atoms with Gasteiger partial charge in [-0.2, -0.15) is 13.2 Å². The summed E-state index contributed by atoms with van der Waals surface area (Å²) in [6.45, 7) is 1.47. The summed E-state index contributed by atoms with van der Waals surface area (Å²) in [7, 11) is 0. The van der Waals surface area contributed by atoms with Gasteiger partial charge >= 0.3 is 12.3 Å². The molecular formula is C22H27F3N2O4. The van der Waals surface area contributed by atoms with Gasteiger partial charge in [-0.3, -0.25) is 4.98 Å². The van der Waals surface area contributed by atoms with E-state index in [9.17, 15) is 18.0 Å². The van der Waals surface area contributed by atoms with Gasteiger partial charge in [0.25, 0.3) is 0 Å². The van der Waals surface area contributed by atoms with E-state index in [1.165, 1.54) is 4.90 Å². The minimum atomic E-state index is -4.56. The van der Waals surface area contributed by atoms with Gasteiger partial charge in [0.05, 0.1) is 23.9 Å². The Balaban J connectivity index is 1.37. The number of alkyl halides is 3. The molecule has 0 bridgehead atoms. The molecule has 1 atom stereocenters. The fourth-order valence-corrected chi connectivity index (χ4v) is 3.80. The first kappa shape index (κ1) is 23.2. The zero-order valence-corrected chi connectivity index (χ0v) is 17.4. The first-order valence-electron chi connectivity index (χ1n) is 10.5. The maximum atomic E-state index is 12.6.